The van der Waals surface area contributed by atoms with Crippen LogP contribution < -0.4 is 10.6 Å². The average Bonchev–Trinajstić information content (AvgIpc) is 2.58. The molecule has 0 aliphatic heterocycles. The van der Waals surface area contributed by atoms with Gasteiger partial charge in [-0.3, -0.25) is 0 Å². The second-order valence-corrected chi connectivity index (χ2v) is 7.53. The van der Waals surface area contributed by atoms with Gasteiger partial charge in [0.1, 0.15) is 0 Å². The van der Waals surface area contributed by atoms with Gasteiger partial charge in [-0.15, -0.1) is 5.10 Å². The van der Waals surface area contributed by atoms with Crippen LogP contribution in [0.4, 0.5) is 23.1 Å². The van der Waals surface area contributed by atoms with Gasteiger partial charge in [-0.25, -0.2) is 0 Å². The van der Waals surface area contributed by atoms with Crippen molar-refractivity contribution in [1.82, 2.24) is 15.2 Å². The van der Waals surface area contributed by atoms with Crippen LogP contribution >= 0.6 is 0 Å². The lowest BCUT2D eigenvalue weighted by Gasteiger charge is -2.23. The Labute approximate surface area is 154 Å². The molecular weight excluding hydrogens is 322 g/mol. The fraction of sp³-hybridized carbons (Fsp3) is 0.286. The largest absolute Gasteiger partial charge is 0.339 e. The number of rotatable bonds is 4. The maximum absolute atomic E-state index is 4.56. The Balaban J connectivity index is 1.86. The molecule has 0 fully saturated rings. The molecule has 0 amide bonds. The quantitative estimate of drug-likeness (QED) is 0.673. The fourth-order valence-corrected chi connectivity index (χ4v) is 2.79. The fourth-order valence-electron chi connectivity index (χ4n) is 2.79. The molecule has 0 saturated carbocycles. The van der Waals surface area contributed by atoms with E-state index in [2.05, 4.69) is 96.8 Å². The lowest BCUT2D eigenvalue weighted by Crippen LogP contribution is -2.14. The van der Waals surface area contributed by atoms with Crippen molar-refractivity contribution in [3.8, 4) is 0 Å². The lowest BCUT2D eigenvalue weighted by atomic mass is 9.86. The summed E-state index contributed by atoms with van der Waals surface area (Å²) < 4.78 is 0. The van der Waals surface area contributed by atoms with E-state index in [4.69, 9.17) is 0 Å². The van der Waals surface area contributed by atoms with Crippen molar-refractivity contribution in [2.24, 2.45) is 0 Å². The van der Waals surface area contributed by atoms with Gasteiger partial charge in [0.2, 0.25) is 5.95 Å². The molecule has 0 atom stereocenters. The third-order valence-electron chi connectivity index (χ3n) is 4.20. The zero-order valence-corrected chi connectivity index (χ0v) is 16.0. The van der Waals surface area contributed by atoms with Crippen molar-refractivity contribution in [1.29, 1.82) is 0 Å². The van der Waals surface area contributed by atoms with Crippen molar-refractivity contribution in [2.75, 3.05) is 10.6 Å². The van der Waals surface area contributed by atoms with Crippen LogP contribution in [0.5, 0.6) is 0 Å². The minimum Gasteiger partial charge on any atom is -0.339 e. The summed E-state index contributed by atoms with van der Waals surface area (Å²) in [6.45, 7) is 10.7. The molecule has 26 heavy (non-hydrogen) atoms. The molecule has 2 N–H and O–H groups in total. The molecule has 0 saturated heterocycles. The number of nitrogens with zero attached hydrogens (tertiary/aromatic N) is 3. The minimum atomic E-state index is 0.0316. The number of hydrogen-bond donors (Lipinski definition) is 2. The zero-order valence-electron chi connectivity index (χ0n) is 16.0. The Bertz CT molecular complexity index is 912. The first-order chi connectivity index (χ1) is 12.3. The third kappa shape index (κ3) is 4.17. The summed E-state index contributed by atoms with van der Waals surface area (Å²) in [4.78, 5) is 4.56. The topological polar surface area (TPSA) is 62.7 Å². The van der Waals surface area contributed by atoms with Crippen molar-refractivity contribution < 1.29 is 0 Å². The van der Waals surface area contributed by atoms with Gasteiger partial charge in [-0.05, 0) is 48.1 Å². The highest BCUT2D eigenvalue weighted by Gasteiger charge is 2.17. The molecule has 0 bridgehead atoms. The number of aromatic nitrogens is 3. The normalized spacial score (nSPS) is 11.3. The molecule has 0 aliphatic carbocycles. The smallest absolute Gasteiger partial charge is 0.249 e. The van der Waals surface area contributed by atoms with Crippen LogP contribution in [0.3, 0.4) is 0 Å². The van der Waals surface area contributed by atoms with Gasteiger partial charge in [0.15, 0.2) is 5.82 Å². The van der Waals surface area contributed by atoms with E-state index >= 15 is 0 Å². The molecule has 5 nitrogen and oxygen atoms in total. The lowest BCUT2D eigenvalue weighted by molar-refractivity contribution is 0.592. The van der Waals surface area contributed by atoms with Gasteiger partial charge in [-0.2, -0.15) is 10.1 Å². The van der Waals surface area contributed by atoms with Crippen molar-refractivity contribution >= 4 is 23.1 Å². The highest BCUT2D eigenvalue weighted by molar-refractivity contribution is 5.64. The Morgan fingerprint density at radius 2 is 1.65 bits per heavy atom. The highest BCUT2D eigenvalue weighted by atomic mass is 15.3. The highest BCUT2D eigenvalue weighted by Crippen LogP contribution is 2.31. The summed E-state index contributed by atoms with van der Waals surface area (Å²) in [7, 11) is 0. The van der Waals surface area contributed by atoms with Crippen molar-refractivity contribution in [3.63, 3.8) is 0 Å². The Hall–Kier alpha value is -2.95. The predicted molar refractivity (Wildman–Crippen MR) is 107 cm³/mol. The van der Waals surface area contributed by atoms with E-state index < -0.39 is 0 Å². The monoisotopic (exact) mass is 347 g/mol. The van der Waals surface area contributed by atoms with Crippen LogP contribution in [0, 0.1) is 13.8 Å². The second-order valence-electron chi connectivity index (χ2n) is 7.53. The zero-order chi connectivity index (χ0) is 18.7. The molecule has 2 aromatic carbocycles. The molecule has 134 valence electrons. The number of aryl methyl sites for hydroxylation is 2. The number of hydrogen-bond acceptors (Lipinski definition) is 5. The molecule has 0 unspecified atom stereocenters. The van der Waals surface area contributed by atoms with Gasteiger partial charge in [-0.1, -0.05) is 51.1 Å². The van der Waals surface area contributed by atoms with Gasteiger partial charge < -0.3 is 10.6 Å². The average molecular weight is 347 g/mol. The Morgan fingerprint density at radius 1 is 0.885 bits per heavy atom. The number of nitrogens with one attached hydrogen (secondary N) is 2. The maximum Gasteiger partial charge on any atom is 0.249 e. The summed E-state index contributed by atoms with van der Waals surface area (Å²) in [6.07, 6.45) is 1.63. The summed E-state index contributed by atoms with van der Waals surface area (Å²) >= 11 is 0. The Kier molecular flexibility index (Phi) is 4.89. The first-order valence-corrected chi connectivity index (χ1v) is 8.73. The molecule has 3 aromatic rings. The summed E-state index contributed by atoms with van der Waals surface area (Å²) in [6, 6.07) is 14.5. The third-order valence-corrected chi connectivity index (χ3v) is 4.20. The van der Waals surface area contributed by atoms with E-state index in [1.165, 1.54) is 11.1 Å². The van der Waals surface area contributed by atoms with Crippen LogP contribution in [-0.2, 0) is 5.41 Å². The standard InChI is InChI=1S/C21H25N5/c1-14-10-11-15(2)18(12-14)24-20-25-19(13-22-26-20)23-17-9-7-6-8-16(17)21(3,4)5/h6-13H,1-5H3,(H2,23,24,25,26). The number of para-hydroxylation sites is 1. The number of anilines is 4. The van der Waals surface area contributed by atoms with Crippen LogP contribution in [0.15, 0.2) is 48.7 Å². The summed E-state index contributed by atoms with van der Waals surface area (Å²) in [5, 5.41) is 14.8. The first-order valence-electron chi connectivity index (χ1n) is 8.73. The summed E-state index contributed by atoms with van der Waals surface area (Å²) in [5.41, 5.74) is 5.58. The van der Waals surface area contributed by atoms with Gasteiger partial charge in [0.05, 0.1) is 6.20 Å². The van der Waals surface area contributed by atoms with E-state index in [0.717, 1.165) is 16.9 Å². The SMILES string of the molecule is Cc1ccc(C)c(Nc2nncc(Nc3ccccc3C(C)(C)C)n2)c1. The van der Waals surface area contributed by atoms with Crippen LogP contribution in [-0.4, -0.2) is 15.2 Å². The van der Waals surface area contributed by atoms with E-state index in [0.29, 0.717) is 11.8 Å². The molecular formula is C21H25N5. The molecule has 1 aromatic heterocycles. The Morgan fingerprint density at radius 3 is 2.42 bits per heavy atom. The van der Waals surface area contributed by atoms with E-state index in [9.17, 15) is 0 Å². The second kappa shape index (κ2) is 7.12. The molecule has 0 spiro atoms. The summed E-state index contributed by atoms with van der Waals surface area (Å²) in [5.74, 6) is 1.13. The van der Waals surface area contributed by atoms with Crippen LogP contribution in [0.2, 0.25) is 0 Å². The maximum atomic E-state index is 4.56. The molecule has 0 radical (unpaired) electrons. The van der Waals surface area contributed by atoms with E-state index in [-0.39, 0.29) is 5.41 Å². The van der Waals surface area contributed by atoms with Crippen molar-refractivity contribution in [2.45, 2.75) is 40.0 Å². The van der Waals surface area contributed by atoms with Crippen LogP contribution in [0.1, 0.15) is 37.5 Å². The molecule has 5 heteroatoms. The predicted octanol–water partition coefficient (Wildman–Crippen LogP) is 5.27. The van der Waals surface area contributed by atoms with Crippen molar-refractivity contribution in [3.05, 3.63) is 65.4 Å². The van der Waals surface area contributed by atoms with Gasteiger partial charge in [0, 0.05) is 11.4 Å². The molecule has 0 aliphatic rings. The van der Waals surface area contributed by atoms with Gasteiger partial charge >= 0.3 is 0 Å². The molecule has 1 heterocycles. The first kappa shape index (κ1) is 17.9. The minimum absolute atomic E-state index is 0.0316. The van der Waals surface area contributed by atoms with E-state index in [1.807, 2.05) is 6.07 Å². The van der Waals surface area contributed by atoms with E-state index in [1.54, 1.807) is 6.20 Å². The number of benzene rings is 2. The van der Waals surface area contributed by atoms with Gasteiger partial charge in [0.25, 0.3) is 0 Å². The molecule has 3 rings (SSSR count). The van der Waals surface area contributed by atoms with Crippen LogP contribution in [0.25, 0.3) is 0 Å².